The molecule has 2 atom stereocenters. The average molecular weight is 645 g/mol. The normalized spacial score (nSPS) is 28.8. The van der Waals surface area contributed by atoms with Crippen molar-refractivity contribution >= 4 is 49.0 Å². The van der Waals surface area contributed by atoms with Gasteiger partial charge in [0, 0.05) is 0 Å². The zero-order valence-corrected chi connectivity index (χ0v) is 28.8. The van der Waals surface area contributed by atoms with Gasteiger partial charge in [-0.2, -0.15) is 0 Å². The summed E-state index contributed by atoms with van der Waals surface area (Å²) in [6.45, 7) is 7.08. The van der Waals surface area contributed by atoms with Crippen molar-refractivity contribution in [3.8, 4) is 0 Å². The van der Waals surface area contributed by atoms with Crippen molar-refractivity contribution in [2.75, 3.05) is 0 Å². The van der Waals surface area contributed by atoms with Crippen LogP contribution in [0, 0.1) is 0 Å². The summed E-state index contributed by atoms with van der Waals surface area (Å²) in [5.41, 5.74) is 5.76. The minimum absolute atomic E-state index is 0.151. The maximum atomic E-state index is 8.91. The second kappa shape index (κ2) is 9.10. The summed E-state index contributed by atoms with van der Waals surface area (Å²) in [6, 6.07) is 26.6. The summed E-state index contributed by atoms with van der Waals surface area (Å²) in [7, 11) is 14.1. The number of hydrogen-bond acceptors (Lipinski definition) is 0. The number of fused-ring (bicyclic) bond motifs is 2. The summed E-state index contributed by atoms with van der Waals surface area (Å²) < 4.78 is 2.22. The predicted molar refractivity (Wildman–Crippen MR) is 168 cm³/mol. The van der Waals surface area contributed by atoms with E-state index in [1.807, 2.05) is 0 Å². The summed E-state index contributed by atoms with van der Waals surface area (Å²) in [5.74, 6) is 0. The molecule has 6 rings (SSSR count). The van der Waals surface area contributed by atoms with Crippen molar-refractivity contribution in [1.29, 1.82) is 0 Å². The van der Waals surface area contributed by atoms with Crippen molar-refractivity contribution < 1.29 is 15.9 Å². The Morgan fingerprint density at radius 3 is 1.46 bits per heavy atom. The average Bonchev–Trinajstić information content (AvgIpc) is 3.46. The SMILES string of the molecule is C[CH]=[Zr]([Cl])([Cl])([C]1([Si]2(CCC)CCC2)C=Cc2ccccc21)[C]1([Si]2(CCC)CCC2)C=Cc2ccccc21. The molecule has 2 saturated heterocycles. The minimum atomic E-state index is -5.04. The standard InChI is InChI=1S/2C15H19Si.C2H4.2ClH.Zr/c2*1-2-10-16(11-5-12-16)15-9-8-13-6-3-4-7-14(13)15;1-2;;;/h2*3-4,6-9H,2,5,10-12H2,1H3;1H,2H3;2*1H;/q;;;;;+2/p-2. The van der Waals surface area contributed by atoms with E-state index in [1.54, 1.807) is 0 Å². The molecule has 0 aromatic heterocycles. The van der Waals surface area contributed by atoms with Gasteiger partial charge in [-0.05, 0) is 0 Å². The van der Waals surface area contributed by atoms with Gasteiger partial charge < -0.3 is 0 Å². The molecule has 2 aromatic carbocycles. The van der Waals surface area contributed by atoms with Crippen molar-refractivity contribution in [1.82, 2.24) is 0 Å². The van der Waals surface area contributed by atoms with Crippen LogP contribution >= 0.6 is 17.0 Å². The zero-order valence-electron chi connectivity index (χ0n) is 22.8. The van der Waals surface area contributed by atoms with Crippen molar-refractivity contribution in [2.24, 2.45) is 0 Å². The second-order valence-corrected chi connectivity index (χ2v) is 45.8. The number of rotatable bonds is 8. The van der Waals surface area contributed by atoms with Crippen LogP contribution in [0.2, 0.25) is 36.3 Å². The summed E-state index contributed by atoms with van der Waals surface area (Å²) >= 11 is -5.04. The van der Waals surface area contributed by atoms with Gasteiger partial charge in [0.1, 0.15) is 0 Å². The van der Waals surface area contributed by atoms with E-state index in [0.29, 0.717) is 0 Å². The molecule has 37 heavy (non-hydrogen) atoms. The molecular formula is C32H42Cl2Si2Zr. The molecule has 2 aliphatic carbocycles. The Kier molecular flexibility index (Phi) is 6.61. The van der Waals surface area contributed by atoms with E-state index in [-0.39, 0.29) is 5.49 Å². The Morgan fingerprint density at radius 2 is 1.14 bits per heavy atom. The molecule has 0 amide bonds. The van der Waals surface area contributed by atoms with Crippen LogP contribution in [0.15, 0.2) is 60.7 Å². The van der Waals surface area contributed by atoms with Crippen LogP contribution in [0.25, 0.3) is 12.2 Å². The molecule has 5 heteroatoms. The Morgan fingerprint density at radius 1 is 0.730 bits per heavy atom. The quantitative estimate of drug-likeness (QED) is 0.251. The molecule has 0 nitrogen and oxygen atoms in total. The molecule has 2 fully saturated rings. The Bertz CT molecular complexity index is 1260. The molecular weight excluding hydrogens is 603 g/mol. The first-order valence-corrected chi connectivity index (χ1v) is 30.2. The molecule has 0 bridgehead atoms. The Balaban J connectivity index is 1.78. The van der Waals surface area contributed by atoms with Gasteiger partial charge in [0.15, 0.2) is 0 Å². The molecule has 0 N–H and O–H groups in total. The van der Waals surface area contributed by atoms with Crippen molar-refractivity contribution in [3.63, 3.8) is 0 Å². The van der Waals surface area contributed by atoms with E-state index >= 15 is 0 Å². The van der Waals surface area contributed by atoms with Crippen LogP contribution in [0.3, 0.4) is 0 Å². The van der Waals surface area contributed by atoms with Crippen LogP contribution in [0.4, 0.5) is 0 Å². The van der Waals surface area contributed by atoms with Crippen LogP contribution in [0.1, 0.15) is 68.7 Å². The van der Waals surface area contributed by atoms with Gasteiger partial charge in [-0.1, -0.05) is 0 Å². The van der Waals surface area contributed by atoms with Crippen LogP contribution in [0.5, 0.6) is 0 Å². The molecule has 196 valence electrons. The molecule has 0 saturated carbocycles. The molecule has 4 aliphatic rings. The fraction of sp³-hybridized carbons (Fsp3) is 0.469. The monoisotopic (exact) mass is 642 g/mol. The van der Waals surface area contributed by atoms with Crippen molar-refractivity contribution in [3.05, 3.63) is 82.9 Å². The first kappa shape index (κ1) is 26.9. The summed E-state index contributed by atoms with van der Waals surface area (Å²) in [6.07, 6.45) is 15.3. The maximum absolute atomic E-state index is 8.91. The van der Waals surface area contributed by atoms with E-state index in [1.165, 1.54) is 84.2 Å². The third-order valence-corrected chi connectivity index (χ3v) is 63.0. The first-order chi connectivity index (χ1) is 17.8. The topological polar surface area (TPSA) is 0 Å². The van der Waals surface area contributed by atoms with E-state index < -0.39 is 32.1 Å². The third kappa shape index (κ3) is 3.03. The summed E-state index contributed by atoms with van der Waals surface area (Å²) in [4.78, 5) is 0. The fourth-order valence-corrected chi connectivity index (χ4v) is 74.0. The predicted octanol–water partition coefficient (Wildman–Crippen LogP) is 10.3. The molecule has 2 aromatic rings. The number of benzene rings is 2. The van der Waals surface area contributed by atoms with Gasteiger partial charge in [-0.25, -0.2) is 0 Å². The molecule has 0 radical (unpaired) electrons. The van der Waals surface area contributed by atoms with Crippen LogP contribution < -0.4 is 0 Å². The first-order valence-electron chi connectivity index (χ1n) is 14.8. The van der Waals surface area contributed by atoms with E-state index in [9.17, 15) is 0 Å². The van der Waals surface area contributed by atoms with Gasteiger partial charge in [-0.3, -0.25) is 0 Å². The van der Waals surface area contributed by atoms with Gasteiger partial charge in [0.25, 0.3) is 0 Å². The third-order valence-electron chi connectivity index (χ3n) is 11.5. The van der Waals surface area contributed by atoms with E-state index in [4.69, 9.17) is 17.0 Å². The van der Waals surface area contributed by atoms with Gasteiger partial charge in [0.05, 0.1) is 0 Å². The van der Waals surface area contributed by atoms with E-state index in [0.717, 1.165) is 0 Å². The Hall–Kier alpha value is -0.313. The van der Waals surface area contributed by atoms with Gasteiger partial charge >= 0.3 is 236 Å². The molecule has 0 spiro atoms. The van der Waals surface area contributed by atoms with Crippen molar-refractivity contribution in [2.45, 2.75) is 88.2 Å². The second-order valence-electron chi connectivity index (χ2n) is 12.6. The number of hydrogen-bond donors (Lipinski definition) is 0. The zero-order chi connectivity index (χ0) is 26.0. The molecule has 2 aliphatic heterocycles. The van der Waals surface area contributed by atoms with Crippen LogP contribution in [-0.2, 0) is 21.4 Å². The van der Waals surface area contributed by atoms with Crippen LogP contribution in [-0.4, -0.2) is 19.9 Å². The van der Waals surface area contributed by atoms with E-state index in [2.05, 4.69) is 97.3 Å². The van der Waals surface area contributed by atoms with Gasteiger partial charge in [0.2, 0.25) is 0 Å². The molecule has 2 heterocycles. The fourth-order valence-electron chi connectivity index (χ4n) is 9.92. The Labute approximate surface area is 234 Å². The van der Waals surface area contributed by atoms with Gasteiger partial charge in [-0.15, -0.1) is 0 Å². The summed E-state index contributed by atoms with van der Waals surface area (Å²) in [5, 5.41) is 0. The number of halogens is 2. The molecule has 2 unspecified atom stereocenters. The number of allylic oxidation sites excluding steroid dienone is 2.